The maximum absolute atomic E-state index is 13.2. The first-order valence-corrected chi connectivity index (χ1v) is 11.0. The minimum absolute atomic E-state index is 0.258. The molecule has 0 bridgehead atoms. The van der Waals surface area contributed by atoms with Crippen LogP contribution in [0.25, 0.3) is 0 Å². The van der Waals surface area contributed by atoms with Crippen LogP contribution in [0.4, 0.5) is 0 Å². The van der Waals surface area contributed by atoms with E-state index in [9.17, 15) is 8.42 Å². The molecule has 2 atom stereocenters. The molecular formula is C20H29NO5S. The molecule has 0 saturated carbocycles. The molecule has 1 aliphatic carbocycles. The Morgan fingerprint density at radius 1 is 1.04 bits per heavy atom. The highest BCUT2D eigenvalue weighted by molar-refractivity contribution is 7.87. The van der Waals surface area contributed by atoms with Crippen LogP contribution in [-0.2, 0) is 23.8 Å². The second-order valence-corrected chi connectivity index (χ2v) is 8.69. The lowest BCUT2D eigenvalue weighted by atomic mass is 9.87. The van der Waals surface area contributed by atoms with Crippen LogP contribution >= 0.6 is 0 Å². The molecule has 1 aromatic rings. The molecule has 7 heteroatoms. The molecule has 27 heavy (non-hydrogen) atoms. The van der Waals surface area contributed by atoms with Gasteiger partial charge >= 0.3 is 10.1 Å². The molecule has 1 aromatic carbocycles. The van der Waals surface area contributed by atoms with Crippen molar-refractivity contribution in [2.45, 2.75) is 37.0 Å². The summed E-state index contributed by atoms with van der Waals surface area (Å²) in [4.78, 5) is 2.19. The minimum atomic E-state index is -3.77. The third kappa shape index (κ3) is 4.54. The fourth-order valence-electron chi connectivity index (χ4n) is 4.05. The Balaban J connectivity index is 2.08. The standard InChI is InChI=1S/C20H29NO5S/c1-24-14-12-21(13-15-25-2)19-17-10-6-7-11-18(17)26-27(22,23)20(19)16-8-4-3-5-9-16/h3-5,8-9,19-20H,6-7,10-15H2,1-2H3/t19-,20-/m1/s1. The first-order chi connectivity index (χ1) is 13.1. The zero-order valence-electron chi connectivity index (χ0n) is 16.1. The highest BCUT2D eigenvalue weighted by Gasteiger charge is 2.47. The van der Waals surface area contributed by atoms with Crippen LogP contribution in [0.2, 0.25) is 0 Å². The average Bonchev–Trinajstić information content (AvgIpc) is 2.67. The maximum atomic E-state index is 13.2. The van der Waals surface area contributed by atoms with Crippen molar-refractivity contribution in [1.29, 1.82) is 0 Å². The smallest absolute Gasteiger partial charge is 0.317 e. The fraction of sp³-hybridized carbons (Fsp3) is 0.600. The van der Waals surface area contributed by atoms with E-state index in [-0.39, 0.29) is 6.04 Å². The summed E-state index contributed by atoms with van der Waals surface area (Å²) >= 11 is 0. The van der Waals surface area contributed by atoms with Gasteiger partial charge in [-0.2, -0.15) is 8.42 Å². The highest BCUT2D eigenvalue weighted by Crippen LogP contribution is 2.45. The molecule has 0 radical (unpaired) electrons. The minimum Gasteiger partial charge on any atom is -0.386 e. The zero-order chi connectivity index (χ0) is 19.3. The third-order valence-electron chi connectivity index (χ3n) is 5.32. The Labute approximate surface area is 162 Å². The van der Waals surface area contributed by atoms with Gasteiger partial charge in [-0.15, -0.1) is 0 Å². The lowest BCUT2D eigenvalue weighted by Crippen LogP contribution is -2.49. The molecule has 0 spiro atoms. The topological polar surface area (TPSA) is 65.1 Å². The van der Waals surface area contributed by atoms with E-state index in [2.05, 4.69) is 4.90 Å². The van der Waals surface area contributed by atoms with Gasteiger partial charge in [0.05, 0.1) is 19.3 Å². The normalized spacial score (nSPS) is 24.6. The summed E-state index contributed by atoms with van der Waals surface area (Å²) in [6.45, 7) is 2.34. The molecule has 150 valence electrons. The van der Waals surface area contributed by atoms with Crippen molar-refractivity contribution in [3.8, 4) is 0 Å². The van der Waals surface area contributed by atoms with Crippen LogP contribution in [0.1, 0.15) is 36.5 Å². The van der Waals surface area contributed by atoms with E-state index in [1.807, 2.05) is 30.3 Å². The van der Waals surface area contributed by atoms with E-state index < -0.39 is 15.4 Å². The Morgan fingerprint density at radius 3 is 2.30 bits per heavy atom. The molecule has 0 saturated heterocycles. The summed E-state index contributed by atoms with van der Waals surface area (Å²) in [6.07, 6.45) is 3.58. The monoisotopic (exact) mass is 395 g/mol. The van der Waals surface area contributed by atoms with Crippen molar-refractivity contribution in [3.05, 3.63) is 47.2 Å². The molecular weight excluding hydrogens is 366 g/mol. The van der Waals surface area contributed by atoms with Crippen LogP contribution in [0.5, 0.6) is 0 Å². The van der Waals surface area contributed by atoms with Gasteiger partial charge in [0, 0.05) is 33.7 Å². The van der Waals surface area contributed by atoms with Gasteiger partial charge in [-0.1, -0.05) is 30.3 Å². The van der Waals surface area contributed by atoms with Gasteiger partial charge in [0.15, 0.2) is 0 Å². The van der Waals surface area contributed by atoms with Crippen molar-refractivity contribution in [1.82, 2.24) is 4.90 Å². The third-order valence-corrected chi connectivity index (χ3v) is 6.90. The van der Waals surface area contributed by atoms with Gasteiger partial charge in [-0.25, -0.2) is 0 Å². The Hall–Kier alpha value is -1.41. The predicted octanol–water partition coefficient (Wildman–Crippen LogP) is 2.88. The quantitative estimate of drug-likeness (QED) is 0.631. The Kier molecular flexibility index (Phi) is 6.92. The number of ether oxygens (including phenoxy) is 2. The second-order valence-electron chi connectivity index (χ2n) is 7.03. The van der Waals surface area contributed by atoms with Crippen molar-refractivity contribution in [2.24, 2.45) is 0 Å². The summed E-state index contributed by atoms with van der Waals surface area (Å²) in [7, 11) is -0.449. The zero-order valence-corrected chi connectivity index (χ0v) is 16.9. The van der Waals surface area contributed by atoms with E-state index in [1.165, 1.54) is 0 Å². The summed E-state index contributed by atoms with van der Waals surface area (Å²) in [5, 5.41) is -0.746. The summed E-state index contributed by atoms with van der Waals surface area (Å²) in [5.41, 5.74) is 1.89. The summed E-state index contributed by atoms with van der Waals surface area (Å²) < 4.78 is 42.5. The van der Waals surface area contributed by atoms with Gasteiger partial charge in [-0.05, 0) is 30.4 Å². The number of benzene rings is 1. The van der Waals surface area contributed by atoms with Gasteiger partial charge in [0.1, 0.15) is 11.0 Å². The Bertz CT molecular complexity index is 739. The molecule has 0 N–H and O–H groups in total. The van der Waals surface area contributed by atoms with E-state index in [1.54, 1.807) is 14.2 Å². The van der Waals surface area contributed by atoms with Gasteiger partial charge in [-0.3, -0.25) is 4.90 Å². The molecule has 6 nitrogen and oxygen atoms in total. The van der Waals surface area contributed by atoms with E-state index in [0.29, 0.717) is 38.5 Å². The van der Waals surface area contributed by atoms with Crippen LogP contribution in [0.15, 0.2) is 41.7 Å². The van der Waals surface area contributed by atoms with Crippen molar-refractivity contribution in [3.63, 3.8) is 0 Å². The number of methoxy groups -OCH3 is 2. The average molecular weight is 396 g/mol. The molecule has 1 aliphatic heterocycles. The fourth-order valence-corrected chi connectivity index (χ4v) is 5.77. The predicted molar refractivity (Wildman–Crippen MR) is 104 cm³/mol. The van der Waals surface area contributed by atoms with Crippen molar-refractivity contribution >= 4 is 10.1 Å². The highest BCUT2D eigenvalue weighted by atomic mass is 32.2. The number of nitrogens with zero attached hydrogens (tertiary/aromatic N) is 1. The van der Waals surface area contributed by atoms with Crippen LogP contribution in [0, 0.1) is 0 Å². The number of hydrogen-bond donors (Lipinski definition) is 0. The first-order valence-electron chi connectivity index (χ1n) is 9.50. The van der Waals surface area contributed by atoms with Gasteiger partial charge < -0.3 is 13.7 Å². The molecule has 3 rings (SSSR count). The molecule has 1 heterocycles. The Morgan fingerprint density at radius 2 is 1.67 bits per heavy atom. The van der Waals surface area contributed by atoms with Crippen molar-refractivity contribution < 1.29 is 22.1 Å². The van der Waals surface area contributed by atoms with E-state index in [0.717, 1.165) is 30.4 Å². The van der Waals surface area contributed by atoms with Crippen LogP contribution in [-0.4, -0.2) is 59.9 Å². The van der Waals surface area contributed by atoms with E-state index in [4.69, 9.17) is 13.7 Å². The lowest BCUT2D eigenvalue weighted by Gasteiger charge is -2.43. The largest absolute Gasteiger partial charge is 0.386 e. The van der Waals surface area contributed by atoms with Crippen LogP contribution < -0.4 is 0 Å². The molecule has 0 amide bonds. The maximum Gasteiger partial charge on any atom is 0.317 e. The molecule has 0 aromatic heterocycles. The van der Waals surface area contributed by atoms with Crippen LogP contribution in [0.3, 0.4) is 0 Å². The summed E-state index contributed by atoms with van der Waals surface area (Å²) in [6, 6.07) is 9.14. The molecule has 0 unspecified atom stereocenters. The summed E-state index contributed by atoms with van der Waals surface area (Å²) in [5.74, 6) is 0.651. The van der Waals surface area contributed by atoms with Gasteiger partial charge in [0.25, 0.3) is 0 Å². The molecule has 2 aliphatic rings. The lowest BCUT2D eigenvalue weighted by molar-refractivity contribution is 0.0881. The number of hydrogen-bond acceptors (Lipinski definition) is 6. The number of allylic oxidation sites excluding steroid dienone is 1. The van der Waals surface area contributed by atoms with Gasteiger partial charge in [0.2, 0.25) is 0 Å². The second kappa shape index (κ2) is 9.19. The van der Waals surface area contributed by atoms with E-state index >= 15 is 0 Å². The van der Waals surface area contributed by atoms with Crippen molar-refractivity contribution in [2.75, 3.05) is 40.5 Å². The SMILES string of the molecule is COCCN(CCOC)[C@@H]1C2=C(CCCC2)OS(=O)(=O)[C@@H]1c1ccccc1. The number of rotatable bonds is 8. The first kappa shape index (κ1) is 20.3. The molecule has 0 fully saturated rings.